The van der Waals surface area contributed by atoms with Gasteiger partial charge in [-0.15, -0.1) is 11.3 Å². The summed E-state index contributed by atoms with van der Waals surface area (Å²) < 4.78 is 8.83. The van der Waals surface area contributed by atoms with E-state index in [0.717, 1.165) is 38.6 Å². The Morgan fingerprint density at radius 2 is 1.22 bits per heavy atom. The highest BCUT2D eigenvalue weighted by atomic mass is 32.1. The van der Waals surface area contributed by atoms with E-state index in [1.165, 1.54) is 58.1 Å². The minimum Gasteiger partial charge on any atom is -0.456 e. The Morgan fingerprint density at radius 1 is 0.580 bits per heavy atom. The smallest absolute Gasteiger partial charge is 0.136 e. The maximum atomic E-state index is 6.25. The lowest BCUT2D eigenvalue weighted by Crippen LogP contribution is -2.27. The fourth-order valence-corrected chi connectivity index (χ4v) is 8.20. The van der Waals surface area contributed by atoms with Crippen molar-refractivity contribution in [2.24, 2.45) is 0 Å². The molecule has 6 aromatic carbocycles. The molecule has 0 fully saturated rings. The van der Waals surface area contributed by atoms with Crippen molar-refractivity contribution in [2.45, 2.75) is 13.8 Å². The van der Waals surface area contributed by atoms with Gasteiger partial charge >= 0.3 is 0 Å². The molecule has 8 rings (SSSR count). The molecule has 2 heteroatoms. The molecular formula is C48H36OS. The van der Waals surface area contributed by atoms with Crippen molar-refractivity contribution in [2.75, 3.05) is 0 Å². The van der Waals surface area contributed by atoms with Crippen molar-refractivity contribution in [3.8, 4) is 22.3 Å². The molecule has 1 nitrogen and oxygen atoms in total. The fourth-order valence-electron chi connectivity index (χ4n) is 7.08. The van der Waals surface area contributed by atoms with Crippen molar-refractivity contribution in [1.29, 1.82) is 0 Å². The molecule has 0 aliphatic rings. The van der Waals surface area contributed by atoms with E-state index >= 15 is 0 Å². The molecule has 2 heterocycles. The Hall–Kier alpha value is -5.96. The number of hydrogen-bond acceptors (Lipinski definition) is 2. The number of benzene rings is 5. The monoisotopic (exact) mass is 660 g/mol. The van der Waals surface area contributed by atoms with Gasteiger partial charge in [-0.3, -0.25) is 0 Å². The van der Waals surface area contributed by atoms with Crippen molar-refractivity contribution in [1.82, 2.24) is 0 Å². The zero-order valence-electron chi connectivity index (χ0n) is 28.2. The first-order valence-corrected chi connectivity index (χ1v) is 17.8. The maximum Gasteiger partial charge on any atom is 0.136 e. The quantitative estimate of drug-likeness (QED) is 0.167. The molecule has 8 aromatic rings. The van der Waals surface area contributed by atoms with Crippen LogP contribution in [0.15, 0.2) is 163 Å². The number of allylic oxidation sites excluding steroid dienone is 4. The maximum absolute atomic E-state index is 6.25. The third kappa shape index (κ3) is 5.54. The van der Waals surface area contributed by atoms with Crippen LogP contribution in [0, 0.1) is 0 Å². The van der Waals surface area contributed by atoms with Crippen LogP contribution in [-0.2, 0) is 0 Å². The summed E-state index contributed by atoms with van der Waals surface area (Å²) in [5, 5.41) is 9.66. The van der Waals surface area contributed by atoms with Crippen LogP contribution >= 0.6 is 11.3 Å². The minimum atomic E-state index is 0.926. The van der Waals surface area contributed by atoms with Crippen LogP contribution in [0.1, 0.15) is 19.4 Å². The van der Waals surface area contributed by atoms with Crippen molar-refractivity contribution in [3.05, 3.63) is 175 Å². The van der Waals surface area contributed by atoms with Crippen LogP contribution in [0.5, 0.6) is 0 Å². The SMILES string of the molecule is C=C/C=C\C(=C)c1ccc(-c2ccccccc(-c3ccc4sc5cc6cc7c(cc6cc5c4c3)oc3ccccc37)c(=C/C)/c2=C\C)cc1. The third-order valence-electron chi connectivity index (χ3n) is 9.54. The Morgan fingerprint density at radius 3 is 1.96 bits per heavy atom. The molecule has 0 aliphatic carbocycles. The van der Waals surface area contributed by atoms with E-state index in [2.05, 4.69) is 154 Å². The number of fused-ring (bicyclic) bond motifs is 7. The van der Waals surface area contributed by atoms with Gasteiger partial charge in [0.1, 0.15) is 11.2 Å². The molecule has 2 aromatic heterocycles. The van der Waals surface area contributed by atoms with Crippen LogP contribution < -0.4 is 10.4 Å². The molecule has 0 N–H and O–H groups in total. The molecule has 0 spiro atoms. The highest BCUT2D eigenvalue weighted by Gasteiger charge is 2.13. The molecule has 240 valence electrons. The highest BCUT2D eigenvalue weighted by Crippen LogP contribution is 2.40. The molecule has 0 unspecified atom stereocenters. The summed E-state index contributed by atoms with van der Waals surface area (Å²) in [5.41, 5.74) is 8.59. The second-order valence-corrected chi connectivity index (χ2v) is 13.6. The summed E-state index contributed by atoms with van der Waals surface area (Å²) in [7, 11) is 0. The summed E-state index contributed by atoms with van der Waals surface area (Å²) in [5.74, 6) is 0. The molecule has 0 saturated heterocycles. The Bertz CT molecular complexity index is 2860. The van der Waals surface area contributed by atoms with Gasteiger partial charge in [-0.05, 0) is 111 Å². The normalized spacial score (nSPS) is 12.5. The van der Waals surface area contributed by atoms with E-state index in [-0.39, 0.29) is 0 Å². The third-order valence-corrected chi connectivity index (χ3v) is 10.7. The van der Waals surface area contributed by atoms with Gasteiger partial charge in [-0.25, -0.2) is 0 Å². The van der Waals surface area contributed by atoms with E-state index in [4.69, 9.17) is 4.42 Å². The summed E-state index contributed by atoms with van der Waals surface area (Å²) in [6.07, 6.45) is 10.2. The molecule has 50 heavy (non-hydrogen) atoms. The van der Waals surface area contributed by atoms with E-state index in [1.807, 2.05) is 35.6 Å². The lowest BCUT2D eigenvalue weighted by Gasteiger charge is -2.08. The molecule has 0 aliphatic heterocycles. The summed E-state index contributed by atoms with van der Waals surface area (Å²) in [6.45, 7) is 12.3. The molecule has 0 radical (unpaired) electrons. The Kier molecular flexibility index (Phi) is 8.24. The first-order valence-electron chi connectivity index (χ1n) is 17.0. The number of hydrogen-bond donors (Lipinski definition) is 0. The molecule has 0 bridgehead atoms. The van der Waals surface area contributed by atoms with Gasteiger partial charge < -0.3 is 4.42 Å². The zero-order valence-corrected chi connectivity index (χ0v) is 29.1. The van der Waals surface area contributed by atoms with Gasteiger partial charge in [0.25, 0.3) is 0 Å². The summed E-state index contributed by atoms with van der Waals surface area (Å²) in [6, 6.07) is 46.0. The van der Waals surface area contributed by atoms with Crippen LogP contribution in [0.25, 0.3) is 92.9 Å². The number of rotatable bonds is 5. The lowest BCUT2D eigenvalue weighted by molar-refractivity contribution is 0.669. The van der Waals surface area contributed by atoms with Crippen LogP contribution in [0.2, 0.25) is 0 Å². The predicted molar refractivity (Wildman–Crippen MR) is 221 cm³/mol. The van der Waals surface area contributed by atoms with Gasteiger partial charge in [0.2, 0.25) is 0 Å². The second-order valence-electron chi connectivity index (χ2n) is 12.5. The van der Waals surface area contributed by atoms with E-state index in [1.54, 1.807) is 6.08 Å². The van der Waals surface area contributed by atoms with Crippen LogP contribution in [-0.4, -0.2) is 0 Å². The van der Waals surface area contributed by atoms with E-state index < -0.39 is 0 Å². The van der Waals surface area contributed by atoms with Crippen molar-refractivity contribution < 1.29 is 4.42 Å². The number of thiophene rings is 1. The van der Waals surface area contributed by atoms with Gasteiger partial charge in [0.15, 0.2) is 0 Å². The van der Waals surface area contributed by atoms with Gasteiger partial charge in [0.05, 0.1) is 0 Å². The summed E-state index contributed by atoms with van der Waals surface area (Å²) >= 11 is 1.86. The van der Waals surface area contributed by atoms with Gasteiger partial charge in [-0.1, -0.05) is 128 Å². The van der Waals surface area contributed by atoms with Crippen LogP contribution in [0.3, 0.4) is 0 Å². The lowest BCUT2D eigenvalue weighted by atomic mass is 9.96. The number of para-hydroxylation sites is 1. The Labute approximate surface area is 296 Å². The topological polar surface area (TPSA) is 13.1 Å². The zero-order chi connectivity index (χ0) is 34.2. The highest BCUT2D eigenvalue weighted by molar-refractivity contribution is 7.25. The summed E-state index contributed by atoms with van der Waals surface area (Å²) in [4.78, 5) is 0. The van der Waals surface area contributed by atoms with Crippen LogP contribution in [0.4, 0.5) is 0 Å². The second kappa shape index (κ2) is 13.2. The van der Waals surface area contributed by atoms with Gasteiger partial charge in [0, 0.05) is 30.9 Å². The average Bonchev–Trinajstić information content (AvgIpc) is 3.69. The van der Waals surface area contributed by atoms with Gasteiger partial charge in [-0.2, -0.15) is 0 Å². The minimum absolute atomic E-state index is 0.926. The molecular weight excluding hydrogens is 625 g/mol. The largest absolute Gasteiger partial charge is 0.456 e. The average molecular weight is 661 g/mol. The van der Waals surface area contributed by atoms with E-state index in [9.17, 15) is 0 Å². The first kappa shape index (κ1) is 31.3. The standard InChI is InChI=1S/C48H36OS/c1-5-8-15-31(4)32-20-22-33(23-21-32)39-16-11-9-10-12-17-40(38(7-3)37(39)6-2)34-24-25-47-43(26-34)44-28-35-29-46-42(27-36(35)30-48(44)50-47)41-18-13-14-19-45(41)49-46/h5-30H,1,4H2,2-3H3/b11-9?,12-10?,15-8-,37-6+,38-7+,39-16?,40-17?. The molecule has 0 amide bonds. The Balaban J connectivity index is 1.31. The predicted octanol–water partition coefficient (Wildman–Crippen LogP) is 12.9. The van der Waals surface area contributed by atoms with Crippen molar-refractivity contribution in [3.63, 3.8) is 0 Å². The number of furan rings is 1. The molecule has 0 atom stereocenters. The van der Waals surface area contributed by atoms with E-state index in [0.29, 0.717) is 0 Å². The first-order chi connectivity index (χ1) is 24.6. The van der Waals surface area contributed by atoms with Crippen molar-refractivity contribution >= 4 is 81.9 Å². The fraction of sp³-hybridized carbons (Fsp3) is 0.0417. The molecule has 0 saturated carbocycles.